The Balaban J connectivity index is 2.73. The monoisotopic (exact) mass is 219 g/mol. The molecule has 0 saturated heterocycles. The molecule has 2 rings (SSSR count). The van der Waals surface area contributed by atoms with Crippen molar-refractivity contribution in [2.75, 3.05) is 0 Å². The molecule has 0 saturated carbocycles. The van der Waals surface area contributed by atoms with Crippen LogP contribution in [0.3, 0.4) is 0 Å². The highest BCUT2D eigenvalue weighted by atomic mass is 28.3. The van der Waals surface area contributed by atoms with Crippen LogP contribution in [0.25, 0.3) is 10.9 Å². The van der Waals surface area contributed by atoms with Crippen molar-refractivity contribution in [3.8, 4) is 0 Å². The quantitative estimate of drug-likeness (QED) is 0.672. The second-order valence-corrected chi connectivity index (χ2v) is 9.82. The maximum atomic E-state index is 13.8. The zero-order valence-electron chi connectivity index (χ0n) is 9.21. The molecule has 0 amide bonds. The number of fused-ring (bicyclic) bond motifs is 1. The Morgan fingerprint density at radius 2 is 1.93 bits per heavy atom. The Kier molecular flexibility index (Phi) is 2.35. The van der Waals surface area contributed by atoms with Gasteiger partial charge >= 0.3 is 0 Å². The molecule has 0 fully saturated rings. The largest absolute Gasteiger partial charge is 0.256 e. The maximum Gasteiger partial charge on any atom is 0.124 e. The molecular weight excluding hydrogens is 205 g/mol. The van der Waals surface area contributed by atoms with E-state index in [1.54, 1.807) is 12.3 Å². The van der Waals surface area contributed by atoms with Crippen LogP contribution in [-0.2, 0) is 0 Å². The zero-order valence-corrected chi connectivity index (χ0v) is 10.2. The average molecular weight is 219 g/mol. The van der Waals surface area contributed by atoms with Crippen molar-refractivity contribution in [3.63, 3.8) is 0 Å². The summed E-state index contributed by atoms with van der Waals surface area (Å²) in [6.45, 7) is 6.44. The summed E-state index contributed by atoms with van der Waals surface area (Å²) in [6.07, 6.45) is 1.69. The van der Waals surface area contributed by atoms with Gasteiger partial charge in [0.2, 0.25) is 0 Å². The van der Waals surface area contributed by atoms with E-state index in [1.165, 1.54) is 0 Å². The standard InChI is InChI=1S/C12H14FNSi/c1-15(2,3)12-7-9-5-4-6-14-11(9)8-10(12)13/h4-8H,1-3H3. The van der Waals surface area contributed by atoms with E-state index in [0.29, 0.717) is 0 Å². The van der Waals surface area contributed by atoms with E-state index in [1.807, 2.05) is 18.2 Å². The molecule has 2 aromatic rings. The van der Waals surface area contributed by atoms with Crippen molar-refractivity contribution in [1.82, 2.24) is 4.98 Å². The van der Waals surface area contributed by atoms with Crippen molar-refractivity contribution in [2.24, 2.45) is 0 Å². The molecule has 0 unspecified atom stereocenters. The minimum Gasteiger partial charge on any atom is -0.256 e. The van der Waals surface area contributed by atoms with Gasteiger partial charge in [-0.1, -0.05) is 31.8 Å². The van der Waals surface area contributed by atoms with Crippen LogP contribution < -0.4 is 5.19 Å². The number of benzene rings is 1. The van der Waals surface area contributed by atoms with Crippen LogP contribution in [0.15, 0.2) is 30.5 Å². The fourth-order valence-electron chi connectivity index (χ4n) is 1.67. The number of pyridine rings is 1. The van der Waals surface area contributed by atoms with Crippen LogP contribution in [0, 0.1) is 5.82 Å². The van der Waals surface area contributed by atoms with E-state index >= 15 is 0 Å². The van der Waals surface area contributed by atoms with Crippen molar-refractivity contribution in [3.05, 3.63) is 36.3 Å². The Morgan fingerprint density at radius 1 is 1.20 bits per heavy atom. The van der Waals surface area contributed by atoms with E-state index in [4.69, 9.17) is 0 Å². The first kappa shape index (κ1) is 10.3. The van der Waals surface area contributed by atoms with Crippen LogP contribution in [0.2, 0.25) is 19.6 Å². The van der Waals surface area contributed by atoms with Gasteiger partial charge in [-0.3, -0.25) is 4.98 Å². The van der Waals surface area contributed by atoms with Crippen molar-refractivity contribution in [2.45, 2.75) is 19.6 Å². The summed E-state index contributed by atoms with van der Waals surface area (Å²) in [5.41, 5.74) is 0.733. The van der Waals surface area contributed by atoms with Gasteiger partial charge in [0, 0.05) is 11.6 Å². The van der Waals surface area contributed by atoms with E-state index in [9.17, 15) is 4.39 Å². The fourth-order valence-corrected chi connectivity index (χ4v) is 3.05. The predicted octanol–water partition coefficient (Wildman–Crippen LogP) is 2.92. The number of aromatic nitrogens is 1. The summed E-state index contributed by atoms with van der Waals surface area (Å²) < 4.78 is 13.8. The molecule has 0 atom stereocenters. The fraction of sp³-hybridized carbons (Fsp3) is 0.250. The Hall–Kier alpha value is -1.22. The summed E-state index contributed by atoms with van der Waals surface area (Å²) in [6, 6.07) is 7.35. The van der Waals surface area contributed by atoms with Gasteiger partial charge in [-0.25, -0.2) is 4.39 Å². The Bertz CT molecular complexity index is 502. The molecular formula is C12H14FNSi. The molecule has 78 valence electrons. The van der Waals surface area contributed by atoms with Crippen LogP contribution >= 0.6 is 0 Å². The second kappa shape index (κ2) is 3.42. The smallest absolute Gasteiger partial charge is 0.124 e. The van der Waals surface area contributed by atoms with Crippen LogP contribution in [-0.4, -0.2) is 13.1 Å². The van der Waals surface area contributed by atoms with E-state index in [2.05, 4.69) is 24.6 Å². The molecule has 0 N–H and O–H groups in total. The van der Waals surface area contributed by atoms with Gasteiger partial charge in [0.25, 0.3) is 0 Å². The highest BCUT2D eigenvalue weighted by Gasteiger charge is 2.21. The molecule has 1 aromatic carbocycles. The topological polar surface area (TPSA) is 12.9 Å². The molecule has 0 radical (unpaired) electrons. The highest BCUT2D eigenvalue weighted by Crippen LogP contribution is 2.14. The van der Waals surface area contributed by atoms with Crippen LogP contribution in [0.1, 0.15) is 0 Å². The van der Waals surface area contributed by atoms with Gasteiger partial charge in [0.05, 0.1) is 13.6 Å². The number of hydrogen-bond acceptors (Lipinski definition) is 1. The molecule has 0 aliphatic carbocycles. The maximum absolute atomic E-state index is 13.8. The second-order valence-electron chi connectivity index (χ2n) is 4.78. The third kappa shape index (κ3) is 1.92. The molecule has 0 aliphatic rings. The minimum absolute atomic E-state index is 0.111. The summed E-state index contributed by atoms with van der Waals surface area (Å²) >= 11 is 0. The normalized spacial score (nSPS) is 12.0. The Labute approximate surface area is 90.0 Å². The predicted molar refractivity (Wildman–Crippen MR) is 64.7 cm³/mol. The molecule has 1 nitrogen and oxygen atoms in total. The molecule has 1 aromatic heterocycles. The third-order valence-electron chi connectivity index (χ3n) is 2.50. The lowest BCUT2D eigenvalue weighted by molar-refractivity contribution is 0.636. The lowest BCUT2D eigenvalue weighted by Crippen LogP contribution is -2.39. The molecule has 3 heteroatoms. The molecule has 0 aliphatic heterocycles. The molecule has 1 heterocycles. The van der Waals surface area contributed by atoms with E-state index < -0.39 is 8.07 Å². The van der Waals surface area contributed by atoms with Crippen LogP contribution in [0.4, 0.5) is 4.39 Å². The number of hydrogen-bond donors (Lipinski definition) is 0. The average Bonchev–Trinajstić information content (AvgIpc) is 2.15. The summed E-state index contributed by atoms with van der Waals surface area (Å²) in [4.78, 5) is 4.14. The van der Waals surface area contributed by atoms with Crippen molar-refractivity contribution >= 4 is 24.2 Å². The van der Waals surface area contributed by atoms with E-state index in [0.717, 1.165) is 16.1 Å². The van der Waals surface area contributed by atoms with Gasteiger partial charge < -0.3 is 0 Å². The van der Waals surface area contributed by atoms with Gasteiger partial charge in [-0.2, -0.15) is 0 Å². The van der Waals surface area contributed by atoms with Gasteiger partial charge in [0.1, 0.15) is 5.82 Å². The number of rotatable bonds is 1. The SMILES string of the molecule is C[Si](C)(C)c1cc2cccnc2cc1F. The number of nitrogens with zero attached hydrogens (tertiary/aromatic N) is 1. The third-order valence-corrected chi connectivity index (χ3v) is 4.50. The zero-order chi connectivity index (χ0) is 11.1. The minimum atomic E-state index is -1.60. The summed E-state index contributed by atoms with van der Waals surface area (Å²) in [7, 11) is -1.60. The summed E-state index contributed by atoms with van der Waals surface area (Å²) in [5.74, 6) is -0.111. The first-order valence-electron chi connectivity index (χ1n) is 5.03. The van der Waals surface area contributed by atoms with Crippen LogP contribution in [0.5, 0.6) is 0 Å². The van der Waals surface area contributed by atoms with E-state index in [-0.39, 0.29) is 5.82 Å². The summed E-state index contributed by atoms with van der Waals surface area (Å²) in [5, 5.41) is 1.90. The lowest BCUT2D eigenvalue weighted by Gasteiger charge is -2.17. The first-order valence-corrected chi connectivity index (χ1v) is 8.53. The van der Waals surface area contributed by atoms with Gasteiger partial charge in [-0.15, -0.1) is 0 Å². The molecule has 0 bridgehead atoms. The molecule has 0 spiro atoms. The van der Waals surface area contributed by atoms with Crippen molar-refractivity contribution in [1.29, 1.82) is 0 Å². The van der Waals surface area contributed by atoms with Crippen molar-refractivity contribution < 1.29 is 4.39 Å². The lowest BCUT2D eigenvalue weighted by atomic mass is 10.2. The highest BCUT2D eigenvalue weighted by molar-refractivity contribution is 6.88. The molecule has 15 heavy (non-hydrogen) atoms. The first-order chi connectivity index (χ1) is 6.98. The van der Waals surface area contributed by atoms with Gasteiger partial charge in [-0.05, 0) is 17.3 Å². The van der Waals surface area contributed by atoms with Gasteiger partial charge in [0.15, 0.2) is 0 Å². The Morgan fingerprint density at radius 3 is 2.60 bits per heavy atom. The number of halogens is 1.